The van der Waals surface area contributed by atoms with Gasteiger partial charge in [-0.15, -0.1) is 0 Å². The first-order chi connectivity index (χ1) is 6.77. The van der Waals surface area contributed by atoms with E-state index in [9.17, 15) is 4.79 Å². The molecule has 1 unspecified atom stereocenters. The van der Waals surface area contributed by atoms with Crippen LogP contribution in [0.2, 0.25) is 0 Å². The van der Waals surface area contributed by atoms with E-state index in [1.807, 2.05) is 0 Å². The Morgan fingerprint density at radius 3 is 2.71 bits per heavy atom. The van der Waals surface area contributed by atoms with Crippen LogP contribution in [0.1, 0.15) is 46.0 Å². The summed E-state index contributed by atoms with van der Waals surface area (Å²) in [6.07, 6.45) is 5.58. The van der Waals surface area contributed by atoms with Crippen LogP contribution in [0.25, 0.3) is 0 Å². The molecule has 1 aliphatic rings. The number of rotatable bonds is 6. The Bertz CT molecular complexity index is 179. The number of ketones is 1. The first-order valence-electron chi connectivity index (χ1n) is 6.03. The summed E-state index contributed by atoms with van der Waals surface area (Å²) >= 11 is 0. The number of nitrogens with zero attached hydrogens (tertiary/aromatic N) is 1. The standard InChI is InChI=1S/C12H23NO/c1-3-5-9-13(4-2)10-11-7-6-8-12(11)14/h11H,3-10H2,1-2H3. The zero-order chi connectivity index (χ0) is 10.4. The SMILES string of the molecule is CCCCN(CC)CC1CCCC1=O. The molecule has 2 nitrogen and oxygen atoms in total. The third kappa shape index (κ3) is 3.41. The van der Waals surface area contributed by atoms with Crippen molar-refractivity contribution in [3.8, 4) is 0 Å². The van der Waals surface area contributed by atoms with Crippen LogP contribution in [-0.2, 0) is 4.79 Å². The highest BCUT2D eigenvalue weighted by Gasteiger charge is 2.25. The molecule has 0 aromatic rings. The average Bonchev–Trinajstić information content (AvgIpc) is 2.59. The molecule has 1 rings (SSSR count). The Hall–Kier alpha value is -0.370. The predicted molar refractivity (Wildman–Crippen MR) is 59.4 cm³/mol. The molecule has 0 amide bonds. The van der Waals surface area contributed by atoms with E-state index in [1.165, 1.54) is 12.8 Å². The summed E-state index contributed by atoms with van der Waals surface area (Å²) in [5.41, 5.74) is 0. The van der Waals surface area contributed by atoms with E-state index >= 15 is 0 Å². The highest BCUT2D eigenvalue weighted by atomic mass is 16.1. The second-order valence-electron chi connectivity index (χ2n) is 4.30. The second-order valence-corrected chi connectivity index (χ2v) is 4.30. The van der Waals surface area contributed by atoms with Crippen molar-refractivity contribution in [2.75, 3.05) is 19.6 Å². The monoisotopic (exact) mass is 197 g/mol. The molecule has 0 bridgehead atoms. The van der Waals surface area contributed by atoms with Gasteiger partial charge in [-0.25, -0.2) is 0 Å². The lowest BCUT2D eigenvalue weighted by Crippen LogP contribution is -2.31. The van der Waals surface area contributed by atoms with Crippen LogP contribution < -0.4 is 0 Å². The summed E-state index contributed by atoms with van der Waals surface area (Å²) in [7, 11) is 0. The minimum Gasteiger partial charge on any atom is -0.303 e. The lowest BCUT2D eigenvalue weighted by Gasteiger charge is -2.22. The van der Waals surface area contributed by atoms with E-state index in [2.05, 4.69) is 18.7 Å². The van der Waals surface area contributed by atoms with Gasteiger partial charge in [-0.05, 0) is 32.4 Å². The first kappa shape index (κ1) is 11.7. The maximum Gasteiger partial charge on any atom is 0.137 e. The summed E-state index contributed by atoms with van der Waals surface area (Å²) in [4.78, 5) is 13.9. The van der Waals surface area contributed by atoms with Gasteiger partial charge in [0.15, 0.2) is 0 Å². The highest BCUT2D eigenvalue weighted by Crippen LogP contribution is 2.22. The van der Waals surface area contributed by atoms with Gasteiger partial charge in [-0.1, -0.05) is 20.3 Å². The molecule has 0 heterocycles. The van der Waals surface area contributed by atoms with E-state index < -0.39 is 0 Å². The van der Waals surface area contributed by atoms with Crippen molar-refractivity contribution >= 4 is 5.78 Å². The van der Waals surface area contributed by atoms with Gasteiger partial charge in [-0.2, -0.15) is 0 Å². The topological polar surface area (TPSA) is 20.3 Å². The number of carbonyl (C=O) groups is 1. The fourth-order valence-electron chi connectivity index (χ4n) is 2.15. The molecule has 0 N–H and O–H groups in total. The Morgan fingerprint density at radius 1 is 1.43 bits per heavy atom. The molecule has 0 saturated heterocycles. The Kier molecular flexibility index (Phi) is 5.16. The molecular weight excluding hydrogens is 174 g/mol. The highest BCUT2D eigenvalue weighted by molar-refractivity contribution is 5.83. The predicted octanol–water partition coefficient (Wildman–Crippen LogP) is 2.48. The van der Waals surface area contributed by atoms with Crippen LogP contribution in [0.5, 0.6) is 0 Å². The molecular formula is C12H23NO. The van der Waals surface area contributed by atoms with Crippen molar-refractivity contribution < 1.29 is 4.79 Å². The smallest absolute Gasteiger partial charge is 0.137 e. The van der Waals surface area contributed by atoms with E-state index in [0.29, 0.717) is 11.7 Å². The molecule has 1 fully saturated rings. The Morgan fingerprint density at radius 2 is 2.21 bits per heavy atom. The Labute approximate surface area is 87.7 Å². The van der Waals surface area contributed by atoms with Crippen molar-refractivity contribution in [3.05, 3.63) is 0 Å². The molecule has 1 atom stereocenters. The van der Waals surface area contributed by atoms with E-state index in [-0.39, 0.29) is 0 Å². The number of hydrogen-bond donors (Lipinski definition) is 0. The van der Waals surface area contributed by atoms with Crippen molar-refractivity contribution in [1.82, 2.24) is 4.90 Å². The lowest BCUT2D eigenvalue weighted by molar-refractivity contribution is -0.121. The molecule has 2 heteroatoms. The third-order valence-electron chi connectivity index (χ3n) is 3.18. The van der Waals surface area contributed by atoms with Gasteiger partial charge in [0.25, 0.3) is 0 Å². The fourth-order valence-corrected chi connectivity index (χ4v) is 2.15. The first-order valence-corrected chi connectivity index (χ1v) is 6.03. The molecule has 82 valence electrons. The molecule has 1 saturated carbocycles. The average molecular weight is 197 g/mol. The van der Waals surface area contributed by atoms with Crippen LogP contribution in [0.15, 0.2) is 0 Å². The van der Waals surface area contributed by atoms with E-state index in [1.54, 1.807) is 0 Å². The van der Waals surface area contributed by atoms with Crippen LogP contribution in [0.3, 0.4) is 0 Å². The van der Waals surface area contributed by atoms with Crippen LogP contribution >= 0.6 is 0 Å². The van der Waals surface area contributed by atoms with Gasteiger partial charge in [0.2, 0.25) is 0 Å². The van der Waals surface area contributed by atoms with Crippen molar-refractivity contribution in [1.29, 1.82) is 0 Å². The molecule has 1 aliphatic carbocycles. The maximum atomic E-state index is 11.5. The molecule has 0 spiro atoms. The molecule has 0 aliphatic heterocycles. The Balaban J connectivity index is 2.28. The van der Waals surface area contributed by atoms with Gasteiger partial charge in [0.05, 0.1) is 0 Å². The summed E-state index contributed by atoms with van der Waals surface area (Å²) in [5.74, 6) is 0.853. The second kappa shape index (κ2) is 6.18. The van der Waals surface area contributed by atoms with Crippen molar-refractivity contribution in [2.24, 2.45) is 5.92 Å². The normalized spacial score (nSPS) is 22.2. The maximum absolute atomic E-state index is 11.5. The van der Waals surface area contributed by atoms with Gasteiger partial charge in [0, 0.05) is 18.9 Å². The third-order valence-corrected chi connectivity index (χ3v) is 3.18. The summed E-state index contributed by atoms with van der Waals surface area (Å²) in [6.45, 7) is 7.67. The summed E-state index contributed by atoms with van der Waals surface area (Å²) < 4.78 is 0. The van der Waals surface area contributed by atoms with Crippen LogP contribution in [-0.4, -0.2) is 30.3 Å². The molecule has 0 aromatic carbocycles. The van der Waals surface area contributed by atoms with E-state index in [0.717, 1.165) is 38.9 Å². The summed E-state index contributed by atoms with van der Waals surface area (Å²) in [6, 6.07) is 0. The minimum absolute atomic E-state index is 0.354. The van der Waals surface area contributed by atoms with Gasteiger partial charge >= 0.3 is 0 Å². The number of unbranched alkanes of at least 4 members (excludes halogenated alkanes) is 1. The van der Waals surface area contributed by atoms with E-state index in [4.69, 9.17) is 0 Å². The number of Topliss-reactive ketones (excluding diaryl/α,β-unsaturated/α-hetero) is 1. The van der Waals surface area contributed by atoms with Gasteiger partial charge in [-0.3, -0.25) is 4.79 Å². The quantitative estimate of drug-likeness (QED) is 0.652. The van der Waals surface area contributed by atoms with Crippen molar-refractivity contribution in [3.63, 3.8) is 0 Å². The lowest BCUT2D eigenvalue weighted by atomic mass is 10.1. The number of carbonyl (C=O) groups excluding carboxylic acids is 1. The zero-order valence-electron chi connectivity index (χ0n) is 9.59. The van der Waals surface area contributed by atoms with Crippen molar-refractivity contribution in [2.45, 2.75) is 46.0 Å². The molecule has 14 heavy (non-hydrogen) atoms. The van der Waals surface area contributed by atoms with Crippen LogP contribution in [0, 0.1) is 5.92 Å². The van der Waals surface area contributed by atoms with Gasteiger partial charge < -0.3 is 4.90 Å². The number of hydrogen-bond acceptors (Lipinski definition) is 2. The summed E-state index contributed by atoms with van der Waals surface area (Å²) in [5, 5.41) is 0. The largest absolute Gasteiger partial charge is 0.303 e. The van der Waals surface area contributed by atoms with Crippen LogP contribution in [0.4, 0.5) is 0 Å². The molecule has 0 aromatic heterocycles. The fraction of sp³-hybridized carbons (Fsp3) is 0.917. The zero-order valence-corrected chi connectivity index (χ0v) is 9.59. The molecule has 0 radical (unpaired) electrons. The van der Waals surface area contributed by atoms with Gasteiger partial charge in [0.1, 0.15) is 5.78 Å². The minimum atomic E-state index is 0.354.